The zero-order valence-corrected chi connectivity index (χ0v) is 10.2. The van der Waals surface area contributed by atoms with Gasteiger partial charge in [0.15, 0.2) is 11.6 Å². The SMILES string of the molecule is CCc1c(N)nnn1Cc1nc(C(C)C)no1. The number of aromatic nitrogens is 5. The molecule has 2 aromatic heterocycles. The highest BCUT2D eigenvalue weighted by atomic mass is 16.5. The fraction of sp³-hybridized carbons (Fsp3) is 0.600. The summed E-state index contributed by atoms with van der Waals surface area (Å²) < 4.78 is 6.84. The van der Waals surface area contributed by atoms with E-state index >= 15 is 0 Å². The van der Waals surface area contributed by atoms with Crippen molar-refractivity contribution in [3.8, 4) is 0 Å². The van der Waals surface area contributed by atoms with Crippen LogP contribution in [0.25, 0.3) is 0 Å². The molecule has 2 N–H and O–H groups in total. The van der Waals surface area contributed by atoms with Crippen LogP contribution < -0.4 is 5.73 Å². The molecule has 7 nitrogen and oxygen atoms in total. The average molecular weight is 236 g/mol. The van der Waals surface area contributed by atoms with Crippen molar-refractivity contribution in [1.82, 2.24) is 25.1 Å². The van der Waals surface area contributed by atoms with Crippen molar-refractivity contribution in [2.24, 2.45) is 0 Å². The molecule has 2 heterocycles. The van der Waals surface area contributed by atoms with Gasteiger partial charge in [-0.15, -0.1) is 5.10 Å². The van der Waals surface area contributed by atoms with Gasteiger partial charge in [-0.2, -0.15) is 4.98 Å². The van der Waals surface area contributed by atoms with Crippen LogP contribution in [-0.4, -0.2) is 25.1 Å². The fourth-order valence-corrected chi connectivity index (χ4v) is 1.53. The first-order chi connectivity index (χ1) is 8.11. The molecule has 0 fully saturated rings. The highest BCUT2D eigenvalue weighted by molar-refractivity contribution is 5.32. The van der Waals surface area contributed by atoms with Crippen LogP contribution in [0.3, 0.4) is 0 Å². The van der Waals surface area contributed by atoms with Gasteiger partial charge in [0.1, 0.15) is 6.54 Å². The molecule has 2 aromatic rings. The summed E-state index contributed by atoms with van der Waals surface area (Å²) in [7, 11) is 0. The maximum absolute atomic E-state index is 5.70. The molecular weight excluding hydrogens is 220 g/mol. The van der Waals surface area contributed by atoms with Crippen molar-refractivity contribution in [3.05, 3.63) is 17.4 Å². The molecule has 92 valence electrons. The number of nitrogen functional groups attached to an aromatic ring is 1. The first-order valence-electron chi connectivity index (χ1n) is 5.62. The molecule has 0 aromatic carbocycles. The van der Waals surface area contributed by atoms with Crippen molar-refractivity contribution < 1.29 is 4.52 Å². The summed E-state index contributed by atoms with van der Waals surface area (Å²) in [6, 6.07) is 0. The molecule has 0 radical (unpaired) electrons. The number of nitrogens with zero attached hydrogens (tertiary/aromatic N) is 5. The third kappa shape index (κ3) is 2.27. The summed E-state index contributed by atoms with van der Waals surface area (Å²) in [6.07, 6.45) is 0.768. The molecule has 0 aliphatic carbocycles. The number of hydrogen-bond donors (Lipinski definition) is 1. The second-order valence-electron chi connectivity index (χ2n) is 4.13. The van der Waals surface area contributed by atoms with Crippen molar-refractivity contribution in [2.45, 2.75) is 39.7 Å². The molecule has 0 atom stereocenters. The summed E-state index contributed by atoms with van der Waals surface area (Å²) in [5, 5.41) is 11.7. The highest BCUT2D eigenvalue weighted by Crippen LogP contribution is 2.13. The lowest BCUT2D eigenvalue weighted by atomic mass is 10.2. The van der Waals surface area contributed by atoms with Crippen molar-refractivity contribution >= 4 is 5.82 Å². The summed E-state index contributed by atoms with van der Waals surface area (Å²) in [5.74, 6) is 1.93. The van der Waals surface area contributed by atoms with E-state index < -0.39 is 0 Å². The Morgan fingerprint density at radius 3 is 2.76 bits per heavy atom. The smallest absolute Gasteiger partial charge is 0.248 e. The van der Waals surface area contributed by atoms with Gasteiger partial charge in [-0.05, 0) is 6.42 Å². The minimum atomic E-state index is 0.249. The van der Waals surface area contributed by atoms with E-state index in [1.165, 1.54) is 0 Å². The fourth-order valence-electron chi connectivity index (χ4n) is 1.53. The van der Waals surface area contributed by atoms with Crippen LogP contribution in [0.4, 0.5) is 5.82 Å². The van der Waals surface area contributed by atoms with Crippen LogP contribution in [0, 0.1) is 0 Å². The van der Waals surface area contributed by atoms with Gasteiger partial charge in [-0.1, -0.05) is 31.1 Å². The van der Waals surface area contributed by atoms with Gasteiger partial charge in [0.2, 0.25) is 5.89 Å². The zero-order chi connectivity index (χ0) is 12.4. The second kappa shape index (κ2) is 4.52. The highest BCUT2D eigenvalue weighted by Gasteiger charge is 2.13. The Bertz CT molecular complexity index is 501. The van der Waals surface area contributed by atoms with E-state index in [0.717, 1.165) is 12.1 Å². The molecule has 0 saturated heterocycles. The Kier molecular flexibility index (Phi) is 3.08. The predicted octanol–water partition coefficient (Wildman–Crippen LogP) is 0.977. The summed E-state index contributed by atoms with van der Waals surface area (Å²) in [6.45, 7) is 6.44. The average Bonchev–Trinajstić information content (AvgIpc) is 2.87. The molecule has 0 bridgehead atoms. The van der Waals surface area contributed by atoms with Crippen molar-refractivity contribution in [2.75, 3.05) is 5.73 Å². The first kappa shape index (κ1) is 11.6. The Balaban J connectivity index is 2.19. The Labute approximate surface area is 99.0 Å². The molecular formula is C10H16N6O. The molecule has 7 heteroatoms. The quantitative estimate of drug-likeness (QED) is 0.850. The zero-order valence-electron chi connectivity index (χ0n) is 10.2. The minimum absolute atomic E-state index is 0.249. The van der Waals surface area contributed by atoms with Gasteiger partial charge < -0.3 is 10.3 Å². The Morgan fingerprint density at radius 2 is 2.18 bits per heavy atom. The molecule has 2 rings (SSSR count). The topological polar surface area (TPSA) is 95.7 Å². The molecule has 0 amide bonds. The van der Waals surface area contributed by atoms with Gasteiger partial charge >= 0.3 is 0 Å². The third-order valence-electron chi connectivity index (χ3n) is 2.49. The summed E-state index contributed by atoms with van der Waals surface area (Å²) in [5.41, 5.74) is 6.58. The monoisotopic (exact) mass is 236 g/mol. The normalized spacial score (nSPS) is 11.3. The van der Waals surface area contributed by atoms with E-state index in [4.69, 9.17) is 10.3 Å². The van der Waals surface area contributed by atoms with Gasteiger partial charge in [0.25, 0.3) is 0 Å². The number of hydrogen-bond acceptors (Lipinski definition) is 6. The van der Waals surface area contributed by atoms with E-state index in [1.807, 2.05) is 20.8 Å². The molecule has 17 heavy (non-hydrogen) atoms. The molecule has 0 saturated carbocycles. The summed E-state index contributed by atoms with van der Waals surface area (Å²) in [4.78, 5) is 4.28. The molecule has 0 unspecified atom stereocenters. The van der Waals surface area contributed by atoms with Gasteiger partial charge in [-0.25, -0.2) is 4.68 Å². The van der Waals surface area contributed by atoms with Crippen LogP contribution in [0.2, 0.25) is 0 Å². The van der Waals surface area contributed by atoms with E-state index in [2.05, 4.69) is 20.5 Å². The van der Waals surface area contributed by atoms with Crippen molar-refractivity contribution in [3.63, 3.8) is 0 Å². The standard InChI is InChI=1S/C10H16N6O/c1-4-7-9(11)13-15-16(7)5-8-12-10(6(2)3)14-17-8/h6H,4-5,11H2,1-3H3. The van der Waals surface area contributed by atoms with Gasteiger partial charge in [0, 0.05) is 5.92 Å². The molecule has 0 spiro atoms. The maximum Gasteiger partial charge on any atom is 0.248 e. The van der Waals surface area contributed by atoms with Crippen LogP contribution in [0.15, 0.2) is 4.52 Å². The van der Waals surface area contributed by atoms with Crippen LogP contribution in [0.1, 0.15) is 44.1 Å². The summed E-state index contributed by atoms with van der Waals surface area (Å²) >= 11 is 0. The van der Waals surface area contributed by atoms with Crippen molar-refractivity contribution in [1.29, 1.82) is 0 Å². The predicted molar refractivity (Wildman–Crippen MR) is 61.3 cm³/mol. The maximum atomic E-state index is 5.70. The third-order valence-corrected chi connectivity index (χ3v) is 2.49. The largest absolute Gasteiger partial charge is 0.381 e. The minimum Gasteiger partial charge on any atom is -0.381 e. The van der Waals surface area contributed by atoms with E-state index in [-0.39, 0.29) is 5.92 Å². The van der Waals surface area contributed by atoms with E-state index in [9.17, 15) is 0 Å². The van der Waals surface area contributed by atoms with E-state index in [0.29, 0.717) is 24.1 Å². The second-order valence-corrected chi connectivity index (χ2v) is 4.13. The Hall–Kier alpha value is -1.92. The van der Waals surface area contributed by atoms with Gasteiger partial charge in [0.05, 0.1) is 5.69 Å². The lowest BCUT2D eigenvalue weighted by molar-refractivity contribution is 0.357. The Morgan fingerprint density at radius 1 is 1.41 bits per heavy atom. The molecule has 0 aliphatic rings. The molecule has 0 aliphatic heterocycles. The van der Waals surface area contributed by atoms with Crippen LogP contribution >= 0.6 is 0 Å². The number of rotatable bonds is 4. The lowest BCUT2D eigenvalue weighted by Crippen LogP contribution is -2.07. The first-order valence-corrected chi connectivity index (χ1v) is 5.62. The van der Waals surface area contributed by atoms with Gasteiger partial charge in [-0.3, -0.25) is 0 Å². The number of anilines is 1. The number of nitrogens with two attached hydrogens (primary N) is 1. The van der Waals surface area contributed by atoms with Crippen LogP contribution in [-0.2, 0) is 13.0 Å². The van der Waals surface area contributed by atoms with E-state index in [1.54, 1.807) is 4.68 Å². The van der Waals surface area contributed by atoms with Crippen LogP contribution in [0.5, 0.6) is 0 Å². The lowest BCUT2D eigenvalue weighted by Gasteiger charge is -2.00.